The van der Waals surface area contributed by atoms with Crippen molar-refractivity contribution in [1.29, 1.82) is 5.26 Å². The van der Waals surface area contributed by atoms with Crippen LogP contribution in [0.3, 0.4) is 0 Å². The molecule has 4 aromatic rings. The quantitative estimate of drug-likeness (QED) is 0.235. The van der Waals surface area contributed by atoms with Crippen LogP contribution < -0.4 is 20.1 Å². The Balaban J connectivity index is 1.42. The zero-order chi connectivity index (χ0) is 28.9. The number of fused-ring (bicyclic) bond motifs is 1. The van der Waals surface area contributed by atoms with Gasteiger partial charge in [0.1, 0.15) is 30.3 Å². The summed E-state index contributed by atoms with van der Waals surface area (Å²) in [6, 6.07) is 16.6. The summed E-state index contributed by atoms with van der Waals surface area (Å²) in [7, 11) is 3.86. The van der Waals surface area contributed by atoms with Gasteiger partial charge in [-0.05, 0) is 57.4 Å². The van der Waals surface area contributed by atoms with Gasteiger partial charge in [-0.25, -0.2) is 0 Å². The van der Waals surface area contributed by atoms with Crippen molar-refractivity contribution in [3.8, 4) is 17.6 Å². The van der Waals surface area contributed by atoms with E-state index in [2.05, 4.69) is 26.7 Å². The number of aromatic nitrogens is 2. The van der Waals surface area contributed by atoms with E-state index in [1.807, 2.05) is 44.1 Å². The van der Waals surface area contributed by atoms with E-state index in [1.54, 1.807) is 36.5 Å². The number of epoxide rings is 1. The maximum absolute atomic E-state index is 12.9. The zero-order valence-corrected chi connectivity index (χ0v) is 23.6. The number of benzene rings is 2. The molecule has 0 aliphatic carbocycles. The maximum Gasteiger partial charge on any atom is 0.256 e. The van der Waals surface area contributed by atoms with Crippen LogP contribution in [-0.2, 0) is 16.1 Å². The molecule has 11 heteroatoms. The van der Waals surface area contributed by atoms with E-state index in [0.29, 0.717) is 63.2 Å². The summed E-state index contributed by atoms with van der Waals surface area (Å²) in [5.41, 5.74) is 3.30. The summed E-state index contributed by atoms with van der Waals surface area (Å²) in [4.78, 5) is 23.6. The molecule has 5 rings (SSSR count). The van der Waals surface area contributed by atoms with Crippen LogP contribution in [0.5, 0.6) is 11.5 Å². The predicted octanol–water partition coefficient (Wildman–Crippen LogP) is 5.14. The SMILES string of the molecule is CCOc1cc2ncc(C#N)c(Nc3ccc(OCc4ccccn4)c(Cl)c3)c2cc1NC(=O)C1OC1CN(C)C. The van der Waals surface area contributed by atoms with Crippen molar-refractivity contribution in [1.82, 2.24) is 14.9 Å². The van der Waals surface area contributed by atoms with Crippen LogP contribution in [0.4, 0.5) is 17.1 Å². The standard InChI is InChI=1S/C30H29ClN6O4/c1-4-39-26-13-23-21(12-24(26)36-30(38)29-27(41-29)16-37(2)3)28(18(14-32)15-34-23)35-19-8-9-25(22(31)11-19)40-17-20-7-5-6-10-33-20/h5-13,15,27,29H,4,16-17H2,1-3H3,(H,34,35)(H,36,38). The first kappa shape index (κ1) is 28.1. The van der Waals surface area contributed by atoms with Gasteiger partial charge in [0.05, 0.1) is 39.8 Å². The summed E-state index contributed by atoms with van der Waals surface area (Å²) in [5.74, 6) is 0.715. The number of halogens is 1. The van der Waals surface area contributed by atoms with E-state index in [-0.39, 0.29) is 18.6 Å². The molecule has 0 bridgehead atoms. The van der Waals surface area contributed by atoms with Crippen molar-refractivity contribution < 1.29 is 19.0 Å². The number of pyridine rings is 2. The Morgan fingerprint density at radius 3 is 2.71 bits per heavy atom. The Labute approximate surface area is 242 Å². The van der Waals surface area contributed by atoms with Crippen LogP contribution in [-0.4, -0.2) is 60.2 Å². The van der Waals surface area contributed by atoms with Crippen LogP contribution in [0.1, 0.15) is 18.2 Å². The minimum atomic E-state index is -0.538. The number of ether oxygens (including phenoxy) is 3. The van der Waals surface area contributed by atoms with Gasteiger partial charge in [-0.2, -0.15) is 5.26 Å². The highest BCUT2D eigenvalue weighted by Crippen LogP contribution is 2.38. The van der Waals surface area contributed by atoms with Gasteiger partial charge in [0, 0.05) is 36.1 Å². The molecule has 0 radical (unpaired) electrons. The summed E-state index contributed by atoms with van der Waals surface area (Å²) in [5, 5.41) is 17.1. The van der Waals surface area contributed by atoms with Gasteiger partial charge >= 0.3 is 0 Å². The van der Waals surface area contributed by atoms with E-state index in [9.17, 15) is 10.1 Å². The minimum absolute atomic E-state index is 0.161. The molecule has 1 aliphatic rings. The third kappa shape index (κ3) is 6.66. The molecule has 2 aromatic carbocycles. The number of nitriles is 1. The summed E-state index contributed by atoms with van der Waals surface area (Å²) < 4.78 is 17.2. The highest BCUT2D eigenvalue weighted by Gasteiger charge is 2.45. The van der Waals surface area contributed by atoms with Crippen LogP contribution in [0, 0.1) is 11.3 Å². The molecule has 210 valence electrons. The number of carbonyl (C=O) groups is 1. The zero-order valence-electron chi connectivity index (χ0n) is 22.8. The van der Waals surface area contributed by atoms with Gasteiger partial charge in [-0.3, -0.25) is 14.8 Å². The fourth-order valence-electron chi connectivity index (χ4n) is 4.36. The Morgan fingerprint density at radius 1 is 1.15 bits per heavy atom. The van der Waals surface area contributed by atoms with Crippen molar-refractivity contribution in [2.75, 3.05) is 37.9 Å². The average molecular weight is 573 g/mol. The lowest BCUT2D eigenvalue weighted by Crippen LogP contribution is -2.25. The first-order valence-corrected chi connectivity index (χ1v) is 13.4. The first-order valence-electron chi connectivity index (χ1n) is 13.1. The summed E-state index contributed by atoms with van der Waals surface area (Å²) in [6.07, 6.45) is 2.50. The van der Waals surface area contributed by atoms with Crippen LogP contribution in [0.2, 0.25) is 5.02 Å². The molecule has 0 saturated carbocycles. The molecule has 2 atom stereocenters. The Hall–Kier alpha value is -4.43. The summed E-state index contributed by atoms with van der Waals surface area (Å²) >= 11 is 6.53. The van der Waals surface area contributed by atoms with Gasteiger partial charge in [-0.1, -0.05) is 17.7 Å². The number of anilines is 3. The number of hydrogen-bond acceptors (Lipinski definition) is 9. The fraction of sp³-hybridized carbons (Fsp3) is 0.267. The van der Waals surface area contributed by atoms with Gasteiger partial charge in [-0.15, -0.1) is 0 Å². The van der Waals surface area contributed by atoms with Crippen molar-refractivity contribution in [3.63, 3.8) is 0 Å². The summed E-state index contributed by atoms with van der Waals surface area (Å²) in [6.45, 7) is 3.18. The van der Waals surface area contributed by atoms with Gasteiger partial charge in [0.2, 0.25) is 0 Å². The molecular formula is C30H29ClN6O4. The Bertz CT molecular complexity index is 1610. The molecule has 1 amide bonds. The normalized spacial score (nSPS) is 15.8. The molecule has 1 saturated heterocycles. The van der Waals surface area contributed by atoms with Gasteiger partial charge in [0.15, 0.2) is 6.10 Å². The molecule has 2 N–H and O–H groups in total. The molecule has 2 aromatic heterocycles. The molecular weight excluding hydrogens is 544 g/mol. The molecule has 0 spiro atoms. The van der Waals surface area contributed by atoms with Crippen molar-refractivity contribution in [2.24, 2.45) is 0 Å². The highest BCUT2D eigenvalue weighted by molar-refractivity contribution is 6.32. The molecule has 1 fully saturated rings. The maximum atomic E-state index is 12.9. The second-order valence-corrected chi connectivity index (χ2v) is 10.1. The molecule has 41 heavy (non-hydrogen) atoms. The lowest BCUT2D eigenvalue weighted by Gasteiger charge is -2.16. The molecule has 3 heterocycles. The third-order valence-electron chi connectivity index (χ3n) is 6.34. The number of amides is 1. The van der Waals surface area contributed by atoms with Crippen LogP contribution in [0.15, 0.2) is 60.9 Å². The average Bonchev–Trinajstić information content (AvgIpc) is 3.72. The lowest BCUT2D eigenvalue weighted by atomic mass is 10.1. The number of hydrogen-bond donors (Lipinski definition) is 2. The lowest BCUT2D eigenvalue weighted by molar-refractivity contribution is -0.117. The highest BCUT2D eigenvalue weighted by atomic mass is 35.5. The third-order valence-corrected chi connectivity index (χ3v) is 6.63. The predicted molar refractivity (Wildman–Crippen MR) is 157 cm³/mol. The van der Waals surface area contributed by atoms with Gasteiger partial charge < -0.3 is 29.7 Å². The second-order valence-electron chi connectivity index (χ2n) is 9.68. The first-order chi connectivity index (χ1) is 19.9. The Morgan fingerprint density at radius 2 is 2.00 bits per heavy atom. The molecule has 2 unspecified atom stereocenters. The smallest absolute Gasteiger partial charge is 0.256 e. The van der Waals surface area contributed by atoms with Crippen LogP contribution >= 0.6 is 11.6 Å². The number of nitrogens with one attached hydrogen (secondary N) is 2. The van der Waals surface area contributed by atoms with Crippen molar-refractivity contribution >= 4 is 45.5 Å². The number of nitrogens with zero attached hydrogens (tertiary/aromatic N) is 4. The fourth-order valence-corrected chi connectivity index (χ4v) is 4.60. The van der Waals surface area contributed by atoms with E-state index in [0.717, 1.165) is 5.69 Å². The number of likely N-dealkylation sites (N-methyl/N-ethyl adjacent to an activating group) is 1. The van der Waals surface area contributed by atoms with Gasteiger partial charge in [0.25, 0.3) is 5.91 Å². The van der Waals surface area contributed by atoms with Crippen molar-refractivity contribution in [3.05, 3.63) is 77.2 Å². The molecule has 1 aliphatic heterocycles. The number of rotatable bonds is 11. The topological polar surface area (TPSA) is 125 Å². The largest absolute Gasteiger partial charge is 0.492 e. The Kier molecular flexibility index (Phi) is 8.50. The van der Waals surface area contributed by atoms with Crippen LogP contribution in [0.25, 0.3) is 10.9 Å². The van der Waals surface area contributed by atoms with E-state index in [1.165, 1.54) is 6.20 Å². The van der Waals surface area contributed by atoms with E-state index < -0.39 is 6.10 Å². The monoisotopic (exact) mass is 572 g/mol. The minimum Gasteiger partial charge on any atom is -0.492 e. The number of carbonyl (C=O) groups excluding carboxylic acids is 1. The van der Waals surface area contributed by atoms with Crippen molar-refractivity contribution in [2.45, 2.75) is 25.7 Å². The molecule has 10 nitrogen and oxygen atoms in total. The van der Waals surface area contributed by atoms with E-state index >= 15 is 0 Å². The van der Waals surface area contributed by atoms with E-state index in [4.69, 9.17) is 25.8 Å². The second kappa shape index (κ2) is 12.4.